The molecule has 19 heavy (non-hydrogen) atoms. The summed E-state index contributed by atoms with van der Waals surface area (Å²) in [5.41, 5.74) is 0. The van der Waals surface area contributed by atoms with Gasteiger partial charge in [-0.25, -0.2) is 0 Å². The third-order valence-corrected chi connectivity index (χ3v) is 3.72. The Balaban J connectivity index is 1.69. The number of hydrogen-bond donors (Lipinski definition) is 0. The Labute approximate surface area is 115 Å². The van der Waals surface area contributed by atoms with Gasteiger partial charge in [0.2, 0.25) is 0 Å². The van der Waals surface area contributed by atoms with Gasteiger partial charge in [0.15, 0.2) is 0 Å². The fraction of sp³-hybridized carbons (Fsp3) is 0.562. The first-order valence-corrected chi connectivity index (χ1v) is 7.19. The Bertz CT molecular complexity index is 393. The molecule has 0 unspecified atom stereocenters. The van der Waals surface area contributed by atoms with E-state index in [4.69, 9.17) is 10.00 Å². The monoisotopic (exact) mass is 258 g/mol. The second-order valence-electron chi connectivity index (χ2n) is 5.08. The van der Waals surface area contributed by atoms with Crippen molar-refractivity contribution in [3.05, 3.63) is 30.3 Å². The molecule has 0 atom stereocenters. The average molecular weight is 258 g/mol. The van der Waals surface area contributed by atoms with Gasteiger partial charge in [0.05, 0.1) is 19.2 Å². The Hall–Kier alpha value is -1.53. The van der Waals surface area contributed by atoms with Crippen molar-refractivity contribution in [2.24, 2.45) is 0 Å². The molecule has 0 N–H and O–H groups in total. The van der Waals surface area contributed by atoms with E-state index in [0.717, 1.165) is 25.3 Å². The van der Waals surface area contributed by atoms with E-state index in [1.807, 2.05) is 30.3 Å². The first-order chi connectivity index (χ1) is 9.40. The average Bonchev–Trinajstić information content (AvgIpc) is 2.97. The van der Waals surface area contributed by atoms with Crippen LogP contribution in [0.3, 0.4) is 0 Å². The van der Waals surface area contributed by atoms with E-state index in [0.29, 0.717) is 12.6 Å². The van der Waals surface area contributed by atoms with Crippen molar-refractivity contribution in [2.75, 3.05) is 19.7 Å². The van der Waals surface area contributed by atoms with Gasteiger partial charge in [0.25, 0.3) is 0 Å². The molecule has 1 aliphatic carbocycles. The van der Waals surface area contributed by atoms with Gasteiger partial charge in [-0.05, 0) is 31.4 Å². The predicted octanol–water partition coefficient (Wildman–Crippen LogP) is 3.22. The van der Waals surface area contributed by atoms with Crippen LogP contribution >= 0.6 is 0 Å². The van der Waals surface area contributed by atoms with Crippen LogP contribution in [0.15, 0.2) is 30.3 Å². The molecule has 0 bridgehead atoms. The van der Waals surface area contributed by atoms with E-state index in [2.05, 4.69) is 11.0 Å². The van der Waals surface area contributed by atoms with Crippen LogP contribution in [-0.2, 0) is 0 Å². The topological polar surface area (TPSA) is 36.3 Å². The van der Waals surface area contributed by atoms with Gasteiger partial charge in [0.1, 0.15) is 5.75 Å². The molecule has 1 aromatic carbocycles. The predicted molar refractivity (Wildman–Crippen MR) is 76.0 cm³/mol. The van der Waals surface area contributed by atoms with Crippen molar-refractivity contribution in [3.8, 4) is 11.8 Å². The highest BCUT2D eigenvalue weighted by atomic mass is 16.5. The summed E-state index contributed by atoms with van der Waals surface area (Å²) in [5.74, 6) is 0.926. The van der Waals surface area contributed by atoms with Crippen LogP contribution in [0.1, 0.15) is 32.1 Å². The lowest BCUT2D eigenvalue weighted by Gasteiger charge is -2.25. The second kappa shape index (κ2) is 7.81. The number of para-hydroxylation sites is 1. The number of benzene rings is 1. The van der Waals surface area contributed by atoms with Crippen molar-refractivity contribution in [1.29, 1.82) is 5.26 Å². The molecular formula is C16H22N2O. The molecule has 1 fully saturated rings. The molecule has 0 aromatic heterocycles. The third kappa shape index (κ3) is 4.57. The van der Waals surface area contributed by atoms with Crippen LogP contribution in [0.25, 0.3) is 0 Å². The molecule has 102 valence electrons. The molecule has 1 saturated carbocycles. The first kappa shape index (κ1) is 13.9. The van der Waals surface area contributed by atoms with Gasteiger partial charge >= 0.3 is 0 Å². The maximum atomic E-state index is 8.91. The van der Waals surface area contributed by atoms with Gasteiger partial charge in [-0.2, -0.15) is 5.26 Å². The summed E-state index contributed by atoms with van der Waals surface area (Å²) in [7, 11) is 0. The highest BCUT2D eigenvalue weighted by Crippen LogP contribution is 2.23. The van der Waals surface area contributed by atoms with Gasteiger partial charge in [0, 0.05) is 12.6 Å². The normalized spacial score (nSPS) is 15.6. The summed E-state index contributed by atoms with van der Waals surface area (Å²) in [6.45, 7) is 2.24. The Morgan fingerprint density at radius 2 is 1.95 bits per heavy atom. The van der Waals surface area contributed by atoms with Crippen molar-refractivity contribution in [1.82, 2.24) is 4.90 Å². The van der Waals surface area contributed by atoms with Gasteiger partial charge in [-0.3, -0.25) is 4.90 Å². The van der Waals surface area contributed by atoms with E-state index < -0.39 is 0 Å². The van der Waals surface area contributed by atoms with Crippen LogP contribution in [0.4, 0.5) is 0 Å². The van der Waals surface area contributed by atoms with Crippen LogP contribution < -0.4 is 4.74 Å². The summed E-state index contributed by atoms with van der Waals surface area (Å²) in [6, 6.07) is 12.8. The SMILES string of the molecule is N#CCN(CCCOc1ccccc1)C1CCCC1. The minimum absolute atomic E-state index is 0.552. The van der Waals surface area contributed by atoms with E-state index in [9.17, 15) is 0 Å². The van der Waals surface area contributed by atoms with E-state index >= 15 is 0 Å². The minimum Gasteiger partial charge on any atom is -0.494 e. The number of nitriles is 1. The van der Waals surface area contributed by atoms with E-state index in [1.54, 1.807) is 0 Å². The zero-order valence-corrected chi connectivity index (χ0v) is 11.4. The van der Waals surface area contributed by atoms with Crippen LogP contribution in [0.5, 0.6) is 5.75 Å². The molecule has 1 aromatic rings. The Morgan fingerprint density at radius 1 is 1.21 bits per heavy atom. The molecule has 0 amide bonds. The van der Waals surface area contributed by atoms with Crippen molar-refractivity contribution < 1.29 is 4.74 Å². The zero-order chi connectivity index (χ0) is 13.3. The van der Waals surface area contributed by atoms with Gasteiger partial charge in [-0.15, -0.1) is 0 Å². The summed E-state index contributed by atoms with van der Waals surface area (Å²) in [5, 5.41) is 8.91. The molecule has 0 saturated heterocycles. The molecule has 0 aliphatic heterocycles. The lowest BCUT2D eigenvalue weighted by molar-refractivity contribution is 0.199. The molecule has 1 aliphatic rings. The molecule has 0 radical (unpaired) electrons. The fourth-order valence-corrected chi connectivity index (χ4v) is 2.73. The van der Waals surface area contributed by atoms with E-state index in [-0.39, 0.29) is 0 Å². The lowest BCUT2D eigenvalue weighted by atomic mass is 10.2. The number of hydrogen-bond acceptors (Lipinski definition) is 3. The first-order valence-electron chi connectivity index (χ1n) is 7.19. The van der Waals surface area contributed by atoms with Gasteiger partial charge in [-0.1, -0.05) is 31.0 Å². The smallest absolute Gasteiger partial charge is 0.119 e. The standard InChI is InChI=1S/C16H22N2O/c17-11-13-18(15-7-4-5-8-15)12-6-14-19-16-9-2-1-3-10-16/h1-3,9-10,15H,4-8,12-14H2. The highest BCUT2D eigenvalue weighted by Gasteiger charge is 2.21. The summed E-state index contributed by atoms with van der Waals surface area (Å²) in [6.07, 6.45) is 6.11. The zero-order valence-electron chi connectivity index (χ0n) is 11.4. The van der Waals surface area contributed by atoms with Gasteiger partial charge < -0.3 is 4.74 Å². The van der Waals surface area contributed by atoms with Crippen LogP contribution in [0.2, 0.25) is 0 Å². The van der Waals surface area contributed by atoms with Crippen molar-refractivity contribution in [2.45, 2.75) is 38.1 Å². The Kier molecular flexibility index (Phi) is 5.71. The van der Waals surface area contributed by atoms with Crippen LogP contribution in [0, 0.1) is 11.3 Å². The number of rotatable bonds is 7. The third-order valence-electron chi connectivity index (χ3n) is 3.72. The highest BCUT2D eigenvalue weighted by molar-refractivity contribution is 5.20. The summed E-state index contributed by atoms with van der Waals surface area (Å²) >= 11 is 0. The molecular weight excluding hydrogens is 236 g/mol. The fourth-order valence-electron chi connectivity index (χ4n) is 2.73. The van der Waals surface area contributed by atoms with Crippen molar-refractivity contribution in [3.63, 3.8) is 0 Å². The number of nitrogens with zero attached hydrogens (tertiary/aromatic N) is 2. The Morgan fingerprint density at radius 3 is 2.63 bits per heavy atom. The molecule has 3 heteroatoms. The van der Waals surface area contributed by atoms with Crippen LogP contribution in [-0.4, -0.2) is 30.6 Å². The molecule has 0 spiro atoms. The molecule has 2 rings (SSSR count). The second-order valence-corrected chi connectivity index (χ2v) is 5.08. The van der Waals surface area contributed by atoms with Crippen molar-refractivity contribution >= 4 is 0 Å². The molecule has 3 nitrogen and oxygen atoms in total. The largest absolute Gasteiger partial charge is 0.494 e. The maximum Gasteiger partial charge on any atom is 0.119 e. The summed E-state index contributed by atoms with van der Waals surface area (Å²) < 4.78 is 5.69. The number of ether oxygens (including phenoxy) is 1. The lowest BCUT2D eigenvalue weighted by Crippen LogP contribution is -2.35. The molecule has 0 heterocycles. The quantitative estimate of drug-likeness (QED) is 0.556. The summed E-state index contributed by atoms with van der Waals surface area (Å²) in [4.78, 5) is 2.32. The van der Waals surface area contributed by atoms with E-state index in [1.165, 1.54) is 25.7 Å². The maximum absolute atomic E-state index is 8.91. The minimum atomic E-state index is 0.552.